The van der Waals surface area contributed by atoms with Crippen LogP contribution in [-0.4, -0.2) is 34.9 Å². The number of hydrogen-bond acceptors (Lipinski definition) is 4. The summed E-state index contributed by atoms with van der Waals surface area (Å²) < 4.78 is 0. The fourth-order valence-electron chi connectivity index (χ4n) is 2.86. The smallest absolute Gasteiger partial charge is 0.325 e. The number of carbonyl (C=O) groups excluding carboxylic acids is 2. The number of amides is 3. The summed E-state index contributed by atoms with van der Waals surface area (Å²) in [6.45, 7) is 3.37. The Labute approximate surface area is 161 Å². The average Bonchev–Trinajstić information content (AvgIpc) is 2.82. The van der Waals surface area contributed by atoms with Crippen LogP contribution in [0.3, 0.4) is 0 Å². The molecule has 1 aromatic heterocycles. The van der Waals surface area contributed by atoms with E-state index in [1.165, 1.54) is 24.2 Å². The summed E-state index contributed by atoms with van der Waals surface area (Å²) in [4.78, 5) is 31.7. The fraction of sp³-hybridized carbons (Fsp3) is 0.389. The summed E-state index contributed by atoms with van der Waals surface area (Å²) in [6.07, 6.45) is 4.42. The first-order valence-corrected chi connectivity index (χ1v) is 9.82. The van der Waals surface area contributed by atoms with Crippen LogP contribution in [0.1, 0.15) is 41.0 Å². The van der Waals surface area contributed by atoms with Crippen LogP contribution in [-0.2, 0) is 0 Å². The summed E-state index contributed by atoms with van der Waals surface area (Å²) >= 11 is 7.04. The summed E-state index contributed by atoms with van der Waals surface area (Å²) in [5.41, 5.74) is 1.27. The van der Waals surface area contributed by atoms with Crippen molar-refractivity contribution < 1.29 is 9.59 Å². The Morgan fingerprint density at radius 3 is 2.38 bits per heavy atom. The monoisotopic (exact) mass is 392 g/mol. The molecule has 3 rings (SSSR count). The maximum Gasteiger partial charge on any atom is 0.325 e. The largest absolute Gasteiger partial charge is 0.338 e. The van der Waals surface area contributed by atoms with Crippen LogP contribution in [0.25, 0.3) is 0 Å². The van der Waals surface area contributed by atoms with Gasteiger partial charge in [-0.2, -0.15) is 0 Å². The number of anilines is 2. The van der Waals surface area contributed by atoms with Gasteiger partial charge < -0.3 is 10.2 Å². The molecule has 1 aliphatic heterocycles. The van der Waals surface area contributed by atoms with E-state index >= 15 is 0 Å². The highest BCUT2D eigenvalue weighted by atomic mass is 35.5. The molecule has 3 amide bonds. The second-order valence-electron chi connectivity index (χ2n) is 6.23. The molecule has 0 radical (unpaired) electrons. The fourth-order valence-corrected chi connectivity index (χ4v) is 3.91. The Morgan fingerprint density at radius 1 is 1.08 bits per heavy atom. The second-order valence-corrected chi connectivity index (χ2v) is 7.66. The lowest BCUT2D eigenvalue weighted by molar-refractivity contribution is 0.0765. The van der Waals surface area contributed by atoms with Gasteiger partial charge in [-0.3, -0.25) is 10.1 Å². The molecule has 0 aliphatic carbocycles. The first-order chi connectivity index (χ1) is 12.5. The molecule has 0 atom stereocenters. The van der Waals surface area contributed by atoms with Crippen molar-refractivity contribution in [3.05, 3.63) is 39.9 Å². The molecule has 1 saturated heterocycles. The van der Waals surface area contributed by atoms with E-state index in [9.17, 15) is 9.59 Å². The summed E-state index contributed by atoms with van der Waals surface area (Å²) in [6, 6.07) is 6.41. The third-order valence-corrected chi connectivity index (χ3v) is 5.52. The van der Waals surface area contributed by atoms with Gasteiger partial charge in [-0.15, -0.1) is 0 Å². The van der Waals surface area contributed by atoms with Gasteiger partial charge >= 0.3 is 6.03 Å². The molecule has 0 saturated carbocycles. The number of halogens is 1. The number of rotatable bonds is 3. The summed E-state index contributed by atoms with van der Waals surface area (Å²) in [5.74, 6) is 0.00746. The Kier molecular flexibility index (Phi) is 6.11. The number of urea groups is 1. The summed E-state index contributed by atoms with van der Waals surface area (Å²) in [7, 11) is 0. The Balaban J connectivity index is 1.64. The van der Waals surface area contributed by atoms with Crippen molar-refractivity contribution >= 4 is 45.7 Å². The van der Waals surface area contributed by atoms with Crippen molar-refractivity contribution in [1.82, 2.24) is 9.88 Å². The number of nitrogens with one attached hydrogen (secondary N) is 2. The molecule has 0 unspecified atom stereocenters. The number of benzene rings is 1. The third-order valence-electron chi connectivity index (χ3n) is 4.21. The van der Waals surface area contributed by atoms with E-state index in [1.54, 1.807) is 31.2 Å². The van der Waals surface area contributed by atoms with Crippen LogP contribution < -0.4 is 10.6 Å². The molecule has 1 fully saturated rings. The van der Waals surface area contributed by atoms with Gasteiger partial charge in [-0.1, -0.05) is 35.8 Å². The lowest BCUT2D eigenvalue weighted by Crippen LogP contribution is -2.31. The van der Waals surface area contributed by atoms with Crippen molar-refractivity contribution in [2.24, 2.45) is 0 Å². The van der Waals surface area contributed by atoms with Crippen molar-refractivity contribution in [3.8, 4) is 0 Å². The number of carbonyl (C=O) groups is 2. The van der Waals surface area contributed by atoms with E-state index in [-0.39, 0.29) is 5.91 Å². The lowest BCUT2D eigenvalue weighted by Gasteiger charge is -2.19. The van der Waals surface area contributed by atoms with Crippen molar-refractivity contribution in [2.75, 3.05) is 23.7 Å². The topological polar surface area (TPSA) is 74.3 Å². The average molecular weight is 393 g/mol. The van der Waals surface area contributed by atoms with Crippen LogP contribution in [0, 0.1) is 6.92 Å². The molecule has 0 spiro atoms. The first kappa shape index (κ1) is 18.7. The molecule has 0 bridgehead atoms. The van der Waals surface area contributed by atoms with Crippen LogP contribution >= 0.6 is 22.9 Å². The van der Waals surface area contributed by atoms with E-state index < -0.39 is 6.03 Å². The molecule has 26 heavy (non-hydrogen) atoms. The quantitative estimate of drug-likeness (QED) is 0.790. The van der Waals surface area contributed by atoms with E-state index in [1.807, 2.05) is 4.90 Å². The van der Waals surface area contributed by atoms with E-state index in [0.717, 1.165) is 25.9 Å². The van der Waals surface area contributed by atoms with Gasteiger partial charge in [0, 0.05) is 23.8 Å². The Bertz CT molecular complexity index is 783. The number of aryl methyl sites for hydroxylation is 1. The van der Waals surface area contributed by atoms with Crippen LogP contribution in [0.4, 0.5) is 15.6 Å². The van der Waals surface area contributed by atoms with Gasteiger partial charge in [0.2, 0.25) is 0 Å². The zero-order valence-corrected chi connectivity index (χ0v) is 16.1. The molecule has 1 aromatic carbocycles. The van der Waals surface area contributed by atoms with Crippen LogP contribution in [0.15, 0.2) is 24.3 Å². The maximum absolute atomic E-state index is 12.8. The number of hydrogen-bond donors (Lipinski definition) is 2. The molecule has 6 nitrogen and oxygen atoms in total. The molecule has 2 heterocycles. The van der Waals surface area contributed by atoms with Gasteiger partial charge in [0.1, 0.15) is 4.88 Å². The number of likely N-dealkylation sites (tertiary alicyclic amines) is 1. The van der Waals surface area contributed by atoms with Crippen molar-refractivity contribution in [1.29, 1.82) is 0 Å². The molecular weight excluding hydrogens is 372 g/mol. The Morgan fingerprint density at radius 2 is 1.73 bits per heavy atom. The zero-order valence-electron chi connectivity index (χ0n) is 14.5. The molecule has 2 aromatic rings. The van der Waals surface area contributed by atoms with E-state index in [0.29, 0.717) is 26.4 Å². The molecule has 138 valence electrons. The number of thiazole rings is 1. The minimum atomic E-state index is -0.408. The standard InChI is InChI=1S/C18H21ClN4O2S/c1-12-15(16(24)23-10-4-2-3-5-11-23)26-18(20-12)22-17(25)21-14-8-6-13(19)7-9-14/h6-9H,2-5,10-11H2,1H3,(H2,20,21,22,25). The molecule has 1 aliphatic rings. The minimum Gasteiger partial charge on any atom is -0.338 e. The number of aromatic nitrogens is 1. The zero-order chi connectivity index (χ0) is 18.5. The highest BCUT2D eigenvalue weighted by Gasteiger charge is 2.22. The Hall–Kier alpha value is -2.12. The molecular formula is C18H21ClN4O2S. The van der Waals surface area contributed by atoms with Gasteiger partial charge in [0.15, 0.2) is 5.13 Å². The van der Waals surface area contributed by atoms with Crippen molar-refractivity contribution in [3.63, 3.8) is 0 Å². The van der Waals surface area contributed by atoms with E-state index in [4.69, 9.17) is 11.6 Å². The second kappa shape index (κ2) is 8.51. The van der Waals surface area contributed by atoms with Crippen molar-refractivity contribution in [2.45, 2.75) is 32.6 Å². The van der Waals surface area contributed by atoms with Gasteiger partial charge in [0.05, 0.1) is 5.69 Å². The SMILES string of the molecule is Cc1nc(NC(=O)Nc2ccc(Cl)cc2)sc1C(=O)N1CCCCCC1. The van der Waals surface area contributed by atoms with Gasteiger partial charge in [0.25, 0.3) is 5.91 Å². The number of nitrogens with zero attached hydrogens (tertiary/aromatic N) is 2. The normalized spacial score (nSPS) is 14.6. The van der Waals surface area contributed by atoms with E-state index in [2.05, 4.69) is 15.6 Å². The predicted molar refractivity (Wildman–Crippen MR) is 105 cm³/mol. The summed E-state index contributed by atoms with van der Waals surface area (Å²) in [5, 5.41) is 6.41. The highest BCUT2D eigenvalue weighted by Crippen LogP contribution is 2.25. The van der Waals surface area contributed by atoms with Gasteiger partial charge in [-0.05, 0) is 44.0 Å². The van der Waals surface area contributed by atoms with Crippen LogP contribution in [0.2, 0.25) is 5.02 Å². The van der Waals surface area contributed by atoms with Gasteiger partial charge in [-0.25, -0.2) is 9.78 Å². The highest BCUT2D eigenvalue weighted by molar-refractivity contribution is 7.17. The lowest BCUT2D eigenvalue weighted by atomic mass is 10.2. The molecule has 8 heteroatoms. The predicted octanol–water partition coefficient (Wildman–Crippen LogP) is 4.77. The first-order valence-electron chi connectivity index (χ1n) is 8.63. The van der Waals surface area contributed by atoms with Crippen LogP contribution in [0.5, 0.6) is 0 Å². The third kappa shape index (κ3) is 4.74. The minimum absolute atomic E-state index is 0.00746. The molecule has 2 N–H and O–H groups in total. The maximum atomic E-state index is 12.8.